The van der Waals surface area contributed by atoms with Crippen LogP contribution in [0, 0.1) is 0 Å². The van der Waals surface area contributed by atoms with E-state index in [0.717, 1.165) is 0 Å². The van der Waals surface area contributed by atoms with Gasteiger partial charge in [0.25, 0.3) is 0 Å². The lowest BCUT2D eigenvalue weighted by Crippen LogP contribution is -2.37. The van der Waals surface area contributed by atoms with E-state index in [2.05, 4.69) is 14.7 Å². The van der Waals surface area contributed by atoms with Gasteiger partial charge in [-0.05, 0) is 13.8 Å². The first-order valence-electron chi connectivity index (χ1n) is 4.85. The Morgan fingerprint density at radius 2 is 2.06 bits per heavy atom. The molecular formula is C10H14ClN3O2. The standard InChI is InChI=1S/C10H14ClN3O2/c1-7(2)14(6-9(15)16-3)10-12-4-8(11)5-13-10/h4-5,7H,6H2,1-3H3. The molecule has 5 nitrogen and oxygen atoms in total. The number of anilines is 1. The molecule has 1 rings (SSSR count). The van der Waals surface area contributed by atoms with Crippen LogP contribution in [0.25, 0.3) is 0 Å². The second-order valence-electron chi connectivity index (χ2n) is 3.50. The van der Waals surface area contributed by atoms with Crippen molar-refractivity contribution in [2.24, 2.45) is 0 Å². The van der Waals surface area contributed by atoms with Gasteiger partial charge in [0.2, 0.25) is 5.95 Å². The van der Waals surface area contributed by atoms with E-state index in [-0.39, 0.29) is 18.6 Å². The van der Waals surface area contributed by atoms with Gasteiger partial charge in [0, 0.05) is 6.04 Å². The van der Waals surface area contributed by atoms with E-state index < -0.39 is 0 Å². The summed E-state index contributed by atoms with van der Waals surface area (Å²) in [6.45, 7) is 4.01. The number of esters is 1. The van der Waals surface area contributed by atoms with E-state index in [1.54, 1.807) is 4.90 Å². The fourth-order valence-electron chi connectivity index (χ4n) is 1.14. The number of nitrogens with zero attached hydrogens (tertiary/aromatic N) is 3. The van der Waals surface area contributed by atoms with Crippen molar-refractivity contribution in [1.29, 1.82) is 0 Å². The summed E-state index contributed by atoms with van der Waals surface area (Å²) in [7, 11) is 1.35. The third-order valence-electron chi connectivity index (χ3n) is 2.01. The number of hydrogen-bond acceptors (Lipinski definition) is 5. The molecule has 1 aromatic heterocycles. The number of aromatic nitrogens is 2. The number of hydrogen-bond donors (Lipinski definition) is 0. The summed E-state index contributed by atoms with van der Waals surface area (Å²) in [5, 5.41) is 0.463. The van der Waals surface area contributed by atoms with Crippen LogP contribution >= 0.6 is 11.6 Å². The van der Waals surface area contributed by atoms with Gasteiger partial charge in [0.05, 0.1) is 24.5 Å². The molecule has 0 amide bonds. The van der Waals surface area contributed by atoms with Gasteiger partial charge in [0.1, 0.15) is 6.54 Å². The Kier molecular flexibility index (Phi) is 4.49. The van der Waals surface area contributed by atoms with Gasteiger partial charge >= 0.3 is 5.97 Å². The van der Waals surface area contributed by atoms with Gasteiger partial charge in [-0.15, -0.1) is 0 Å². The maximum absolute atomic E-state index is 11.2. The molecule has 0 aliphatic rings. The lowest BCUT2D eigenvalue weighted by Gasteiger charge is -2.25. The Morgan fingerprint density at radius 3 is 2.50 bits per heavy atom. The molecule has 0 unspecified atom stereocenters. The van der Waals surface area contributed by atoms with Gasteiger partial charge < -0.3 is 9.64 Å². The summed E-state index contributed by atoms with van der Waals surface area (Å²) in [5.41, 5.74) is 0. The van der Waals surface area contributed by atoms with Crippen LogP contribution in [0.2, 0.25) is 5.02 Å². The topological polar surface area (TPSA) is 55.3 Å². The maximum atomic E-state index is 11.2. The fourth-order valence-corrected chi connectivity index (χ4v) is 1.24. The first kappa shape index (κ1) is 12.7. The largest absolute Gasteiger partial charge is 0.468 e. The monoisotopic (exact) mass is 243 g/mol. The smallest absolute Gasteiger partial charge is 0.325 e. The molecule has 0 spiro atoms. The van der Waals surface area contributed by atoms with E-state index in [9.17, 15) is 4.79 Å². The Balaban J connectivity index is 2.85. The van der Waals surface area contributed by atoms with Crippen molar-refractivity contribution in [2.45, 2.75) is 19.9 Å². The molecule has 0 N–H and O–H groups in total. The zero-order valence-electron chi connectivity index (χ0n) is 9.48. The van der Waals surface area contributed by atoms with Crippen LogP contribution in [0.4, 0.5) is 5.95 Å². The lowest BCUT2D eigenvalue weighted by molar-refractivity contribution is -0.139. The zero-order valence-corrected chi connectivity index (χ0v) is 10.2. The van der Waals surface area contributed by atoms with Crippen molar-refractivity contribution in [2.75, 3.05) is 18.6 Å². The van der Waals surface area contributed by atoms with Crippen LogP contribution in [0.1, 0.15) is 13.8 Å². The van der Waals surface area contributed by atoms with E-state index >= 15 is 0 Å². The number of rotatable bonds is 4. The number of halogens is 1. The van der Waals surface area contributed by atoms with Gasteiger partial charge in [-0.3, -0.25) is 4.79 Å². The van der Waals surface area contributed by atoms with Gasteiger partial charge in [-0.2, -0.15) is 0 Å². The average Bonchev–Trinajstić information content (AvgIpc) is 2.26. The first-order chi connectivity index (χ1) is 7.54. The molecule has 6 heteroatoms. The highest BCUT2D eigenvalue weighted by molar-refractivity contribution is 6.30. The van der Waals surface area contributed by atoms with Crippen molar-refractivity contribution >= 4 is 23.5 Å². The maximum Gasteiger partial charge on any atom is 0.325 e. The molecule has 0 saturated heterocycles. The molecule has 0 bridgehead atoms. The third kappa shape index (κ3) is 3.34. The van der Waals surface area contributed by atoms with Gasteiger partial charge in [-0.25, -0.2) is 9.97 Å². The molecule has 88 valence electrons. The Bertz CT molecular complexity index is 354. The van der Waals surface area contributed by atoms with E-state index in [1.807, 2.05) is 13.8 Å². The number of carbonyl (C=O) groups excluding carboxylic acids is 1. The molecule has 0 fully saturated rings. The molecule has 0 aliphatic heterocycles. The Hall–Kier alpha value is -1.36. The van der Waals surface area contributed by atoms with Crippen molar-refractivity contribution in [3.8, 4) is 0 Å². The second kappa shape index (κ2) is 5.65. The highest BCUT2D eigenvalue weighted by Gasteiger charge is 2.17. The van der Waals surface area contributed by atoms with Crippen molar-refractivity contribution in [1.82, 2.24) is 9.97 Å². The molecule has 0 saturated carbocycles. The summed E-state index contributed by atoms with van der Waals surface area (Å²) in [6, 6.07) is 0.0975. The average molecular weight is 244 g/mol. The number of carbonyl (C=O) groups is 1. The molecule has 0 aromatic carbocycles. The molecule has 0 aliphatic carbocycles. The van der Waals surface area contributed by atoms with Crippen molar-refractivity contribution in [3.05, 3.63) is 17.4 Å². The number of ether oxygens (including phenoxy) is 1. The Labute approximate surface area is 99.4 Å². The third-order valence-corrected chi connectivity index (χ3v) is 2.21. The highest BCUT2D eigenvalue weighted by atomic mass is 35.5. The highest BCUT2D eigenvalue weighted by Crippen LogP contribution is 2.12. The van der Waals surface area contributed by atoms with E-state index in [4.69, 9.17) is 11.6 Å². The SMILES string of the molecule is COC(=O)CN(c1ncc(Cl)cn1)C(C)C. The van der Waals surface area contributed by atoms with E-state index in [1.165, 1.54) is 19.5 Å². The summed E-state index contributed by atoms with van der Waals surface area (Å²) < 4.78 is 4.61. The van der Waals surface area contributed by atoms with Crippen LogP contribution in [0.15, 0.2) is 12.4 Å². The summed E-state index contributed by atoms with van der Waals surface area (Å²) in [5.74, 6) is 0.136. The summed E-state index contributed by atoms with van der Waals surface area (Å²) in [6.07, 6.45) is 2.99. The van der Waals surface area contributed by atoms with Crippen LogP contribution in [-0.2, 0) is 9.53 Å². The van der Waals surface area contributed by atoms with Gasteiger partial charge in [-0.1, -0.05) is 11.6 Å². The van der Waals surface area contributed by atoms with Crippen molar-refractivity contribution < 1.29 is 9.53 Å². The molecule has 0 radical (unpaired) electrons. The molecule has 1 heterocycles. The molecular weight excluding hydrogens is 230 g/mol. The molecule has 0 atom stereocenters. The minimum atomic E-state index is -0.327. The molecule has 16 heavy (non-hydrogen) atoms. The second-order valence-corrected chi connectivity index (χ2v) is 3.94. The fraction of sp³-hybridized carbons (Fsp3) is 0.500. The molecule has 1 aromatic rings. The van der Waals surface area contributed by atoms with Crippen LogP contribution in [0.3, 0.4) is 0 Å². The quantitative estimate of drug-likeness (QED) is 0.751. The van der Waals surface area contributed by atoms with Gasteiger partial charge in [0.15, 0.2) is 0 Å². The first-order valence-corrected chi connectivity index (χ1v) is 5.23. The lowest BCUT2D eigenvalue weighted by atomic mass is 10.3. The predicted octanol–water partition coefficient (Wildman–Crippen LogP) is 1.52. The van der Waals surface area contributed by atoms with Crippen LogP contribution in [0.5, 0.6) is 0 Å². The van der Waals surface area contributed by atoms with Crippen LogP contribution in [-0.4, -0.2) is 35.6 Å². The number of methoxy groups -OCH3 is 1. The summed E-state index contributed by atoms with van der Waals surface area (Å²) in [4.78, 5) is 21.1. The zero-order chi connectivity index (χ0) is 12.1. The minimum Gasteiger partial charge on any atom is -0.468 e. The van der Waals surface area contributed by atoms with Crippen LogP contribution < -0.4 is 4.90 Å². The van der Waals surface area contributed by atoms with Crippen molar-refractivity contribution in [3.63, 3.8) is 0 Å². The van der Waals surface area contributed by atoms with E-state index in [0.29, 0.717) is 11.0 Å². The Morgan fingerprint density at radius 1 is 1.50 bits per heavy atom. The predicted molar refractivity (Wildman–Crippen MR) is 61.5 cm³/mol. The summed E-state index contributed by atoms with van der Waals surface area (Å²) >= 11 is 5.69. The minimum absolute atomic E-state index is 0.0975. The normalized spacial score (nSPS) is 10.3.